The third kappa shape index (κ3) is 19.1. The highest BCUT2D eigenvalue weighted by atomic mass is 35.5. The molecule has 7 aromatic carbocycles. The lowest BCUT2D eigenvalue weighted by molar-refractivity contribution is -0.492. The third-order valence-corrected chi connectivity index (χ3v) is 25.3. The number of likely N-dealkylation sites (N-methyl/N-ethyl adjacent to an activating group) is 1. The molecule has 23 N–H and O–H groups in total. The standard InChI is InChI=1S/C92H90Cl3N13O26.H2O/c1-34(2)20-54(108(7)91-106-89(95)105-90(107-91)98-42-12-15-45(48(27-42)87(126)127)66-46-14-8-35(3)21-59(46)131-60-30-43(111)13-16-47(60)66)82(121)103-72-74(116)39-10-18-57(51(93)23-39)129-61-25-41-26-62(78(61)134-88-80(77(119)76(118)64(33-109)132-88)133-79-63-32-92(6,97)68(79)37(5)128-63)130-58-19-11-40(24-52(58)94)75(117)73-86(125)100-69(36(4)110)50-28-44(112)29-56(114)67(50)49-22-38(9-17-55(49)113)70(83(122)104-73)102-84(123)71(41)101-81(120)53(31-65(96)115)99-85(72)124;/h8-19,21-30,34,37,53-54,63-64,68-77,79-80,88,109,112-114,116-119H,20,31-33,97H2,1-7H3,(H2,96,115)(H,99,124)(H,100,125)(H,101,120)(H,102,123)(H,103,121)(H,104,122)(H,126,127)(H,98,105,106,107);1H2/p+1/t37?,53-,54+,63?,64?,68?,69+,70+,71+,72+,73-,74+,75+,76?,77?,79?,80?,88?,92-;/m0./s1. The number of carbonyl (C=O) groups excluding carboxylic acids is 8. The van der Waals surface area contributed by atoms with Crippen molar-refractivity contribution in [1.29, 1.82) is 0 Å². The summed E-state index contributed by atoms with van der Waals surface area (Å²) in [6, 6.07) is 13.4. The molecule has 7 amide bonds. The van der Waals surface area contributed by atoms with Gasteiger partial charge in [-0.2, -0.15) is 15.0 Å². The molecule has 8 aliphatic heterocycles. The number of phenols is 3. The molecule has 2 saturated heterocycles. The van der Waals surface area contributed by atoms with Crippen LogP contribution in [0.5, 0.6) is 46.0 Å². The van der Waals surface area contributed by atoms with Crippen LogP contribution in [0.15, 0.2) is 143 Å². The summed E-state index contributed by atoms with van der Waals surface area (Å²) in [6.45, 7) is 9.13. The number of carboxylic acids is 1. The molecule has 1 saturated carbocycles. The van der Waals surface area contributed by atoms with Gasteiger partial charge < -0.3 is 138 Å². The summed E-state index contributed by atoms with van der Waals surface area (Å²) >= 11 is 21.2. The molecule has 9 unspecified atom stereocenters. The highest BCUT2D eigenvalue weighted by Crippen LogP contribution is 2.53. The number of amides is 7. The minimum atomic E-state index is -2.39. The molecular formula is C92H93Cl3N13O27+. The van der Waals surface area contributed by atoms with Crippen LogP contribution in [0.2, 0.25) is 15.3 Å². The SMILES string of the molecule is CC(=O)[C@H]1NC(=O)[C@H]2NC(=O)[C@H](NC(=O)[C@@H]3NC(=O)[C@H](CC(N)=O)NC(=O)[C@H](NC(=O)[C@@H](CC(C)C)N(C)c4nc(Cl)nc(Nc5ccc(-c6c7ccc(=O)cc-7oc7cc(C)ccc67)c(C(=O)O)c5)n4)[C@H](O)c4ccc(c(Cl)c4)Oc4cc3cc(c4OC3OC(CO)C(O)C(O)C3OC3C4C[C@](C)([NH3+])C3C(C)O4)Oc3ccc(cc3Cl)[C@H]2O)c2ccc(O)c(c2)-c2c(O)cc(O)cc21.O. The molecular weight excluding hydrogens is 1830 g/mol. The predicted molar refractivity (Wildman–Crippen MR) is 480 cm³/mol. The molecule has 10 aliphatic rings. The number of nitrogens with one attached hydrogen (secondary N) is 7. The number of aromatic nitrogens is 3. The first-order valence-electron chi connectivity index (χ1n) is 42.3. The van der Waals surface area contributed by atoms with Gasteiger partial charge in [-0.1, -0.05) is 73.4 Å². The molecule has 13 bridgehead atoms. The number of Topliss-reactive ketones (excluding diaryl/α,β-unsaturated/α-hetero) is 1. The van der Waals surface area contributed by atoms with Gasteiger partial charge in [0, 0.05) is 58.9 Å². The maximum atomic E-state index is 16.5. The average molecular weight is 1920 g/mol. The molecule has 2 aliphatic carbocycles. The maximum absolute atomic E-state index is 16.5. The van der Waals surface area contributed by atoms with Crippen molar-refractivity contribution in [3.63, 3.8) is 0 Å². The fourth-order valence-electron chi connectivity index (χ4n) is 18.2. The Balaban J connectivity index is 0.0000139. The lowest BCUT2D eigenvalue weighted by Crippen LogP contribution is -2.75. The van der Waals surface area contributed by atoms with Gasteiger partial charge in [0.2, 0.25) is 70.6 Å². The fourth-order valence-corrected chi connectivity index (χ4v) is 18.8. The maximum Gasteiger partial charge on any atom is 0.336 e. The number of hydrogen-bond acceptors (Lipinski definition) is 30. The summed E-state index contributed by atoms with van der Waals surface area (Å²) < 4.78 is 46.0. The number of ketones is 1. The van der Waals surface area contributed by atoms with Crippen LogP contribution in [-0.4, -0.2) is 212 Å². The van der Waals surface area contributed by atoms with E-state index in [1.54, 1.807) is 38.1 Å². The Morgan fingerprint density at radius 2 is 1.34 bits per heavy atom. The minimum Gasteiger partial charge on any atom is -0.508 e. The Labute approximate surface area is 781 Å². The summed E-state index contributed by atoms with van der Waals surface area (Å²) in [5.41, 5.74) is 9.20. The number of benzene rings is 8. The van der Waals surface area contributed by atoms with E-state index in [0.29, 0.717) is 28.5 Å². The van der Waals surface area contributed by atoms with Gasteiger partial charge in [0.25, 0.3) is 0 Å². The van der Waals surface area contributed by atoms with Crippen LogP contribution in [0.1, 0.15) is 128 Å². The van der Waals surface area contributed by atoms with Gasteiger partial charge in [0.1, 0.15) is 125 Å². The van der Waals surface area contributed by atoms with Crippen molar-refractivity contribution in [1.82, 2.24) is 46.9 Å². The molecule has 1 aromatic heterocycles. The number of nitrogens with two attached hydrogens (primary N) is 1. The summed E-state index contributed by atoms with van der Waals surface area (Å²) in [6.07, 6.45) is -16.5. The molecule has 708 valence electrons. The van der Waals surface area contributed by atoms with E-state index in [2.05, 4.69) is 57.9 Å². The van der Waals surface area contributed by atoms with Crippen molar-refractivity contribution in [2.45, 2.75) is 170 Å². The molecule has 40 nitrogen and oxygen atoms in total. The van der Waals surface area contributed by atoms with Crippen LogP contribution in [0.3, 0.4) is 0 Å². The molecule has 9 heterocycles. The van der Waals surface area contributed by atoms with Crippen LogP contribution in [0.4, 0.5) is 17.6 Å². The Morgan fingerprint density at radius 3 is 1.99 bits per heavy atom. The average Bonchev–Trinajstić information content (AvgIpc) is 1.53. The molecule has 0 spiro atoms. The zero-order chi connectivity index (χ0) is 96.0. The van der Waals surface area contributed by atoms with Crippen LogP contribution >= 0.6 is 34.8 Å². The van der Waals surface area contributed by atoms with E-state index in [0.717, 1.165) is 67.1 Å². The first kappa shape index (κ1) is 96.1. The van der Waals surface area contributed by atoms with Crippen LogP contribution in [0.25, 0.3) is 44.5 Å². The Hall–Kier alpha value is -13.5. The number of aromatic hydroxyl groups is 3. The van der Waals surface area contributed by atoms with E-state index >= 15 is 28.8 Å². The first-order valence-corrected chi connectivity index (χ1v) is 43.4. The van der Waals surface area contributed by atoms with E-state index in [9.17, 15) is 65.1 Å². The number of carboxylic acid groups (broad SMARTS) is 1. The highest BCUT2D eigenvalue weighted by Gasteiger charge is 2.63. The fraction of sp³-hybridized carbons (Fsp3) is 0.337. The molecule has 19 atom stereocenters. The Kier molecular flexibility index (Phi) is 27.2. The number of phenolic OH excluding ortho intramolecular Hbond substituents is 3. The number of carbonyl (C=O) groups is 9. The number of aliphatic hydroxyl groups excluding tert-OH is 5. The van der Waals surface area contributed by atoms with Crippen molar-refractivity contribution in [3.05, 3.63) is 198 Å². The largest absolute Gasteiger partial charge is 0.508 e. The second-order valence-corrected chi connectivity index (χ2v) is 35.8. The lowest BCUT2D eigenvalue weighted by atomic mass is 9.85. The van der Waals surface area contributed by atoms with Gasteiger partial charge in [-0.15, -0.1) is 0 Å². The Morgan fingerprint density at radius 1 is 0.681 bits per heavy atom. The van der Waals surface area contributed by atoms with Crippen LogP contribution < -0.4 is 73.2 Å². The minimum absolute atomic E-state index is 0. The van der Waals surface area contributed by atoms with Crippen LogP contribution in [0, 0.1) is 18.8 Å². The second kappa shape index (κ2) is 38.1. The van der Waals surface area contributed by atoms with Gasteiger partial charge in [-0.05, 0) is 176 Å². The summed E-state index contributed by atoms with van der Waals surface area (Å²) in [5, 5.41) is 123. The zero-order valence-corrected chi connectivity index (χ0v) is 74.9. The number of fused-ring (bicyclic) bond motifs is 19. The quantitative estimate of drug-likeness (QED) is 0.0495. The van der Waals surface area contributed by atoms with E-state index in [1.807, 2.05) is 26.8 Å². The summed E-state index contributed by atoms with van der Waals surface area (Å²) in [7, 11) is 1.39. The number of primary amides is 1. The highest BCUT2D eigenvalue weighted by molar-refractivity contribution is 6.32. The third-order valence-electron chi connectivity index (χ3n) is 24.6. The van der Waals surface area contributed by atoms with Crippen molar-refractivity contribution < 1.29 is 133 Å². The van der Waals surface area contributed by atoms with E-state index in [4.69, 9.17) is 73.4 Å². The number of hydrogen-bond donors (Lipinski definition) is 18. The summed E-state index contributed by atoms with van der Waals surface area (Å²) in [4.78, 5) is 162. The van der Waals surface area contributed by atoms with Gasteiger partial charge in [0.15, 0.2) is 22.7 Å². The van der Waals surface area contributed by atoms with Crippen molar-refractivity contribution >= 4 is 116 Å². The number of ether oxygens (including phenoxy) is 6. The van der Waals surface area contributed by atoms with Crippen LogP contribution in [-0.2, 0) is 52.6 Å². The van der Waals surface area contributed by atoms with E-state index < -0.39 is 248 Å². The number of aromatic carboxylic acids is 1. The van der Waals surface area contributed by atoms with E-state index in [1.165, 1.54) is 60.5 Å². The number of aryl methyl sites for hydroxylation is 1. The van der Waals surface area contributed by atoms with Gasteiger partial charge in [-0.25, -0.2) is 4.79 Å². The van der Waals surface area contributed by atoms with Crippen molar-refractivity contribution in [2.24, 2.45) is 17.6 Å². The zero-order valence-electron chi connectivity index (χ0n) is 72.7. The molecule has 8 aromatic rings. The molecule has 18 rings (SSSR count). The lowest BCUT2D eigenvalue weighted by Gasteiger charge is -2.43. The van der Waals surface area contributed by atoms with Crippen molar-refractivity contribution in [2.75, 3.05) is 23.9 Å². The molecule has 135 heavy (non-hydrogen) atoms. The molecule has 43 heteroatoms. The predicted octanol–water partition coefficient (Wildman–Crippen LogP) is 5.13. The topological polar surface area (TPSA) is 633 Å². The van der Waals surface area contributed by atoms with Gasteiger partial charge in [0.05, 0.1) is 52.9 Å². The van der Waals surface area contributed by atoms with Crippen molar-refractivity contribution in [3.8, 4) is 79.6 Å². The second-order valence-electron chi connectivity index (χ2n) is 34.6. The van der Waals surface area contributed by atoms with Gasteiger partial charge >= 0.3 is 5.97 Å². The number of halogens is 3. The molecule has 3 fully saturated rings. The number of rotatable bonds is 18. The summed E-state index contributed by atoms with van der Waals surface area (Å²) in [5.74, 6) is -17.5. The van der Waals surface area contributed by atoms with Gasteiger partial charge in [-0.3, -0.25) is 43.2 Å². The normalized spacial score (nSPS) is 25.6. The number of nitrogens with zero attached hydrogens (tertiary/aromatic N) is 4. The number of anilines is 3. The smallest absolute Gasteiger partial charge is 0.336 e. The number of quaternary nitrogens is 1. The monoisotopic (exact) mass is 1920 g/mol. The number of aliphatic hydroxyl groups is 5. The Bertz CT molecular complexity index is 6490. The molecule has 0 radical (unpaired) electrons. The van der Waals surface area contributed by atoms with E-state index in [-0.39, 0.29) is 91.1 Å². The first-order chi connectivity index (χ1) is 63.6.